The fourth-order valence-electron chi connectivity index (χ4n) is 4.38. The van der Waals surface area contributed by atoms with Crippen LogP contribution >= 0.6 is 0 Å². The van der Waals surface area contributed by atoms with Gasteiger partial charge in [0.1, 0.15) is 5.54 Å². The summed E-state index contributed by atoms with van der Waals surface area (Å²) in [4.78, 5) is 14.9. The Kier molecular flexibility index (Phi) is 4.75. The van der Waals surface area contributed by atoms with Crippen LogP contribution in [0.1, 0.15) is 52.9 Å². The zero-order chi connectivity index (χ0) is 14.8. The van der Waals surface area contributed by atoms with E-state index in [2.05, 4.69) is 31.0 Å². The van der Waals surface area contributed by atoms with Crippen LogP contribution in [0.15, 0.2) is 0 Å². The van der Waals surface area contributed by atoms with Gasteiger partial charge in [-0.15, -0.1) is 0 Å². The quantitative estimate of drug-likeness (QED) is 0.810. The Morgan fingerprint density at radius 1 is 1.20 bits per heavy atom. The number of nitrogens with one attached hydrogen (secondary N) is 1. The van der Waals surface area contributed by atoms with Gasteiger partial charge < -0.3 is 11.1 Å². The number of hydrogen-bond acceptors (Lipinski definition) is 3. The number of amides is 1. The molecule has 20 heavy (non-hydrogen) atoms. The maximum Gasteiger partial charge on any atom is 0.238 e. The minimum absolute atomic E-state index is 0.0981. The molecule has 2 fully saturated rings. The average Bonchev–Trinajstić information content (AvgIpc) is 2.66. The summed E-state index contributed by atoms with van der Waals surface area (Å²) in [7, 11) is 0. The Labute approximate surface area is 123 Å². The van der Waals surface area contributed by atoms with Gasteiger partial charge in [-0.1, -0.05) is 33.6 Å². The Morgan fingerprint density at radius 3 is 2.60 bits per heavy atom. The number of carbonyl (C=O) groups is 1. The van der Waals surface area contributed by atoms with Crippen molar-refractivity contribution in [3.63, 3.8) is 0 Å². The molecular formula is C16H31N3O. The molecule has 2 unspecified atom stereocenters. The molecule has 1 amide bonds. The van der Waals surface area contributed by atoms with Crippen LogP contribution < -0.4 is 11.1 Å². The van der Waals surface area contributed by atoms with E-state index in [9.17, 15) is 4.79 Å². The van der Waals surface area contributed by atoms with E-state index < -0.39 is 5.54 Å². The molecule has 0 aromatic heterocycles. The van der Waals surface area contributed by atoms with Crippen molar-refractivity contribution in [2.45, 2.75) is 58.4 Å². The summed E-state index contributed by atoms with van der Waals surface area (Å²) in [6.07, 6.45) is 5.51. The fraction of sp³-hybridized carbons (Fsp3) is 0.938. The topological polar surface area (TPSA) is 58.4 Å². The summed E-state index contributed by atoms with van der Waals surface area (Å²) in [6, 6.07) is 0. The highest BCUT2D eigenvalue weighted by Crippen LogP contribution is 2.47. The third kappa shape index (κ3) is 2.86. The van der Waals surface area contributed by atoms with Crippen LogP contribution in [0, 0.1) is 11.3 Å². The predicted molar refractivity (Wildman–Crippen MR) is 82.4 cm³/mol. The first-order valence-electron chi connectivity index (χ1n) is 8.15. The van der Waals surface area contributed by atoms with Gasteiger partial charge in [0.05, 0.1) is 0 Å². The van der Waals surface area contributed by atoms with Gasteiger partial charge >= 0.3 is 0 Å². The van der Waals surface area contributed by atoms with Crippen molar-refractivity contribution in [1.29, 1.82) is 0 Å². The zero-order valence-corrected chi connectivity index (χ0v) is 13.4. The number of primary amides is 1. The summed E-state index contributed by atoms with van der Waals surface area (Å²) >= 11 is 0. The minimum atomic E-state index is -0.428. The summed E-state index contributed by atoms with van der Waals surface area (Å²) in [6.45, 7) is 10.7. The molecule has 0 bridgehead atoms. The van der Waals surface area contributed by atoms with Gasteiger partial charge in [0.2, 0.25) is 5.91 Å². The number of nitrogens with zero attached hydrogens (tertiary/aromatic N) is 1. The minimum Gasteiger partial charge on any atom is -0.368 e. The molecule has 0 radical (unpaired) electrons. The average molecular weight is 281 g/mol. The summed E-state index contributed by atoms with van der Waals surface area (Å²) in [5, 5.41) is 3.43. The van der Waals surface area contributed by atoms with E-state index in [1.165, 1.54) is 6.42 Å². The lowest BCUT2D eigenvalue weighted by Gasteiger charge is -2.53. The Hall–Kier alpha value is -0.610. The van der Waals surface area contributed by atoms with Crippen LogP contribution in [0.4, 0.5) is 0 Å². The SMILES string of the molecule is CC(C)(C)C1CCCCC1(C(N)=O)N1CCCNCC1. The van der Waals surface area contributed by atoms with Crippen molar-refractivity contribution in [3.05, 3.63) is 0 Å². The van der Waals surface area contributed by atoms with Crippen LogP contribution in [-0.4, -0.2) is 42.5 Å². The molecule has 1 heterocycles. The van der Waals surface area contributed by atoms with Gasteiger partial charge in [0.25, 0.3) is 0 Å². The molecule has 2 rings (SSSR count). The van der Waals surface area contributed by atoms with E-state index in [4.69, 9.17) is 5.73 Å². The summed E-state index contributed by atoms with van der Waals surface area (Å²) in [5.74, 6) is 0.262. The van der Waals surface area contributed by atoms with Gasteiger partial charge in [0.15, 0.2) is 0 Å². The molecule has 4 nitrogen and oxygen atoms in total. The number of nitrogens with two attached hydrogens (primary N) is 1. The molecule has 3 N–H and O–H groups in total. The lowest BCUT2D eigenvalue weighted by molar-refractivity contribution is -0.142. The normalized spacial score (nSPS) is 33.6. The smallest absolute Gasteiger partial charge is 0.238 e. The summed E-state index contributed by atoms with van der Waals surface area (Å²) in [5.41, 5.74) is 5.66. The Bertz CT molecular complexity index is 342. The maximum absolute atomic E-state index is 12.5. The predicted octanol–water partition coefficient (Wildman–Crippen LogP) is 1.74. The molecule has 0 aromatic carbocycles. The van der Waals surface area contributed by atoms with E-state index in [0.29, 0.717) is 5.92 Å². The highest BCUT2D eigenvalue weighted by molar-refractivity contribution is 5.85. The monoisotopic (exact) mass is 281 g/mol. The van der Waals surface area contributed by atoms with Crippen molar-refractivity contribution in [3.8, 4) is 0 Å². The standard InChI is InChI=1S/C16H31N3O/c1-15(2,3)13-7-4-5-8-16(13,14(17)20)19-11-6-9-18-10-12-19/h13,18H,4-12H2,1-3H3,(H2,17,20). The molecule has 4 heteroatoms. The molecule has 2 aliphatic rings. The van der Waals surface area contributed by atoms with E-state index in [-0.39, 0.29) is 11.3 Å². The van der Waals surface area contributed by atoms with E-state index in [0.717, 1.165) is 51.9 Å². The van der Waals surface area contributed by atoms with Gasteiger partial charge in [-0.05, 0) is 37.1 Å². The van der Waals surface area contributed by atoms with Crippen LogP contribution in [0.25, 0.3) is 0 Å². The lowest BCUT2D eigenvalue weighted by atomic mass is 9.61. The van der Waals surface area contributed by atoms with E-state index in [1.807, 2.05) is 0 Å². The molecule has 1 saturated heterocycles. The van der Waals surface area contributed by atoms with Gasteiger partial charge in [-0.25, -0.2) is 0 Å². The van der Waals surface area contributed by atoms with Crippen molar-refractivity contribution in [2.24, 2.45) is 17.1 Å². The maximum atomic E-state index is 12.5. The van der Waals surface area contributed by atoms with E-state index in [1.54, 1.807) is 0 Å². The third-order valence-electron chi connectivity index (χ3n) is 5.25. The van der Waals surface area contributed by atoms with Crippen LogP contribution in [0.5, 0.6) is 0 Å². The van der Waals surface area contributed by atoms with Crippen molar-refractivity contribution < 1.29 is 4.79 Å². The summed E-state index contributed by atoms with van der Waals surface area (Å²) < 4.78 is 0. The van der Waals surface area contributed by atoms with Crippen LogP contribution in [0.3, 0.4) is 0 Å². The van der Waals surface area contributed by atoms with Crippen molar-refractivity contribution >= 4 is 5.91 Å². The molecule has 1 aliphatic carbocycles. The van der Waals surface area contributed by atoms with Crippen LogP contribution in [-0.2, 0) is 4.79 Å². The van der Waals surface area contributed by atoms with Gasteiger partial charge in [-0.3, -0.25) is 9.69 Å². The second-order valence-electron chi connectivity index (χ2n) is 7.54. The third-order valence-corrected chi connectivity index (χ3v) is 5.25. The molecule has 0 spiro atoms. The highest BCUT2D eigenvalue weighted by Gasteiger charge is 2.53. The van der Waals surface area contributed by atoms with Crippen LogP contribution in [0.2, 0.25) is 0 Å². The van der Waals surface area contributed by atoms with Gasteiger partial charge in [0, 0.05) is 19.6 Å². The van der Waals surface area contributed by atoms with Crippen molar-refractivity contribution in [1.82, 2.24) is 10.2 Å². The zero-order valence-electron chi connectivity index (χ0n) is 13.4. The Balaban J connectivity index is 2.36. The number of rotatable bonds is 2. The largest absolute Gasteiger partial charge is 0.368 e. The molecule has 2 atom stereocenters. The Morgan fingerprint density at radius 2 is 1.95 bits per heavy atom. The first-order valence-corrected chi connectivity index (χ1v) is 8.15. The fourth-order valence-corrected chi connectivity index (χ4v) is 4.38. The lowest BCUT2D eigenvalue weighted by Crippen LogP contribution is -2.66. The van der Waals surface area contributed by atoms with Gasteiger partial charge in [-0.2, -0.15) is 0 Å². The second kappa shape index (κ2) is 6.02. The molecular weight excluding hydrogens is 250 g/mol. The number of hydrogen-bond donors (Lipinski definition) is 2. The van der Waals surface area contributed by atoms with E-state index >= 15 is 0 Å². The number of carbonyl (C=O) groups excluding carboxylic acids is 1. The molecule has 0 aromatic rings. The molecule has 1 aliphatic heterocycles. The second-order valence-corrected chi connectivity index (χ2v) is 7.54. The molecule has 116 valence electrons. The van der Waals surface area contributed by atoms with Crippen molar-refractivity contribution in [2.75, 3.05) is 26.2 Å². The molecule has 1 saturated carbocycles. The first kappa shape index (κ1) is 15.8. The first-order chi connectivity index (χ1) is 9.39. The highest BCUT2D eigenvalue weighted by atomic mass is 16.1.